The minimum absolute atomic E-state index is 0.110. The van der Waals surface area contributed by atoms with Crippen molar-refractivity contribution in [3.05, 3.63) is 34.2 Å². The summed E-state index contributed by atoms with van der Waals surface area (Å²) in [6.45, 7) is -1.96. The zero-order valence-electron chi connectivity index (χ0n) is 10.6. The van der Waals surface area contributed by atoms with Crippen LogP contribution < -0.4 is 5.69 Å². The molecule has 1 heterocycles. The van der Waals surface area contributed by atoms with Crippen molar-refractivity contribution in [2.24, 2.45) is 0 Å². The van der Waals surface area contributed by atoms with E-state index in [1.54, 1.807) is 0 Å². The second-order valence-corrected chi connectivity index (χ2v) is 4.26. The van der Waals surface area contributed by atoms with Crippen LogP contribution in [0.25, 0.3) is 11.0 Å². The van der Waals surface area contributed by atoms with Crippen LogP contribution >= 0.6 is 0 Å². The smallest absolute Gasteiger partial charge is 0.411 e. The van der Waals surface area contributed by atoms with E-state index in [9.17, 15) is 22.8 Å². The number of hydrogen-bond donors (Lipinski definition) is 2. The quantitative estimate of drug-likeness (QED) is 0.822. The number of carboxylic acid groups (broad SMARTS) is 1. The number of benzene rings is 1. The van der Waals surface area contributed by atoms with Gasteiger partial charge in [-0.15, -0.1) is 0 Å². The third-order valence-corrected chi connectivity index (χ3v) is 2.75. The van der Waals surface area contributed by atoms with E-state index in [4.69, 9.17) is 5.11 Å². The maximum atomic E-state index is 11.9. The van der Waals surface area contributed by atoms with Crippen molar-refractivity contribution < 1.29 is 27.8 Å². The number of para-hydroxylation sites is 1. The van der Waals surface area contributed by atoms with E-state index in [0.717, 1.165) is 4.57 Å². The molecule has 21 heavy (non-hydrogen) atoms. The molecule has 0 unspecified atom stereocenters. The normalized spacial score (nSPS) is 12.0. The molecule has 2 rings (SSSR count). The fourth-order valence-corrected chi connectivity index (χ4v) is 1.95. The third-order valence-electron chi connectivity index (χ3n) is 2.75. The molecule has 6 nitrogen and oxygen atoms in total. The number of aromatic amines is 1. The molecule has 2 aromatic rings. The van der Waals surface area contributed by atoms with Gasteiger partial charge in [-0.05, 0) is 12.1 Å². The number of aromatic nitrogens is 2. The van der Waals surface area contributed by atoms with Gasteiger partial charge in [-0.2, -0.15) is 13.2 Å². The van der Waals surface area contributed by atoms with Crippen molar-refractivity contribution in [2.45, 2.75) is 12.7 Å². The standard InChI is InChI=1S/C12H11F3N2O4/c13-12(14,15)6-21-5-4-17-9-7(10(18)19)2-1-3-8(9)16-11(17)20/h1-3H,4-6H2,(H,16,20)(H,18,19). The van der Waals surface area contributed by atoms with Crippen LogP contribution in [-0.4, -0.2) is 40.0 Å². The van der Waals surface area contributed by atoms with Crippen molar-refractivity contribution in [2.75, 3.05) is 13.2 Å². The number of H-pyrrole nitrogens is 1. The monoisotopic (exact) mass is 304 g/mol. The first kappa shape index (κ1) is 15.1. The summed E-state index contributed by atoms with van der Waals surface area (Å²) in [5.74, 6) is -1.23. The Bertz CT molecular complexity index is 717. The molecule has 0 radical (unpaired) electrons. The Labute approximate surface area is 115 Å². The van der Waals surface area contributed by atoms with Crippen LogP contribution in [0.15, 0.2) is 23.0 Å². The van der Waals surface area contributed by atoms with Gasteiger partial charge >= 0.3 is 17.8 Å². The molecule has 0 spiro atoms. The molecule has 0 aliphatic rings. The van der Waals surface area contributed by atoms with Crippen molar-refractivity contribution in [3.63, 3.8) is 0 Å². The van der Waals surface area contributed by atoms with E-state index in [1.165, 1.54) is 18.2 Å². The van der Waals surface area contributed by atoms with Gasteiger partial charge in [-0.25, -0.2) is 9.59 Å². The first-order chi connectivity index (χ1) is 9.79. The van der Waals surface area contributed by atoms with Crippen LogP contribution in [0.1, 0.15) is 10.4 Å². The number of ether oxygens (including phenoxy) is 1. The zero-order valence-corrected chi connectivity index (χ0v) is 10.6. The van der Waals surface area contributed by atoms with Gasteiger partial charge in [0.25, 0.3) is 0 Å². The van der Waals surface area contributed by atoms with Gasteiger partial charge in [0.15, 0.2) is 0 Å². The van der Waals surface area contributed by atoms with E-state index < -0.39 is 24.4 Å². The molecule has 0 atom stereocenters. The molecule has 9 heteroatoms. The fraction of sp³-hybridized carbons (Fsp3) is 0.333. The third kappa shape index (κ3) is 3.43. The summed E-state index contributed by atoms with van der Waals surface area (Å²) in [5.41, 5.74) is -0.280. The van der Waals surface area contributed by atoms with E-state index >= 15 is 0 Å². The molecule has 0 aliphatic heterocycles. The number of aromatic carboxylic acids is 1. The second-order valence-electron chi connectivity index (χ2n) is 4.26. The van der Waals surface area contributed by atoms with E-state index in [-0.39, 0.29) is 24.2 Å². The molecule has 0 saturated heterocycles. The number of nitrogens with one attached hydrogen (secondary N) is 1. The Hall–Kier alpha value is -2.29. The van der Waals surface area contributed by atoms with Gasteiger partial charge in [-0.1, -0.05) is 6.07 Å². The maximum Gasteiger partial charge on any atom is 0.411 e. The number of nitrogens with zero attached hydrogens (tertiary/aromatic N) is 1. The summed E-state index contributed by atoms with van der Waals surface area (Å²) < 4.78 is 41.3. The van der Waals surface area contributed by atoms with Gasteiger partial charge < -0.3 is 14.8 Å². The van der Waals surface area contributed by atoms with Gasteiger partial charge in [0.1, 0.15) is 6.61 Å². The predicted molar refractivity (Wildman–Crippen MR) is 66.4 cm³/mol. The highest BCUT2D eigenvalue weighted by Crippen LogP contribution is 2.17. The molecule has 2 N–H and O–H groups in total. The number of carboxylic acids is 1. The number of carbonyl (C=O) groups is 1. The molecule has 0 aliphatic carbocycles. The fourth-order valence-electron chi connectivity index (χ4n) is 1.95. The Kier molecular flexibility index (Phi) is 4.03. The van der Waals surface area contributed by atoms with Crippen LogP contribution in [0.5, 0.6) is 0 Å². The Morgan fingerprint density at radius 3 is 2.71 bits per heavy atom. The number of hydrogen-bond acceptors (Lipinski definition) is 3. The maximum absolute atomic E-state index is 11.9. The second kappa shape index (κ2) is 5.60. The molecular formula is C12H11F3N2O4. The van der Waals surface area contributed by atoms with E-state index in [0.29, 0.717) is 5.52 Å². The summed E-state index contributed by atoms with van der Waals surface area (Å²) >= 11 is 0. The van der Waals surface area contributed by atoms with Gasteiger partial charge in [-0.3, -0.25) is 4.57 Å². The van der Waals surface area contributed by atoms with Gasteiger partial charge in [0.2, 0.25) is 0 Å². The average Bonchev–Trinajstić information content (AvgIpc) is 2.69. The van der Waals surface area contributed by atoms with Crippen molar-refractivity contribution >= 4 is 17.0 Å². The van der Waals surface area contributed by atoms with Crippen LogP contribution in [0, 0.1) is 0 Å². The lowest BCUT2D eigenvalue weighted by atomic mass is 10.2. The van der Waals surface area contributed by atoms with Crippen molar-refractivity contribution in [1.82, 2.24) is 9.55 Å². The lowest BCUT2D eigenvalue weighted by molar-refractivity contribution is -0.174. The summed E-state index contributed by atoms with van der Waals surface area (Å²) in [6.07, 6.45) is -4.45. The van der Waals surface area contributed by atoms with Crippen molar-refractivity contribution in [3.8, 4) is 0 Å². The number of imidazole rings is 1. The molecule has 0 amide bonds. The largest absolute Gasteiger partial charge is 0.478 e. The summed E-state index contributed by atoms with van der Waals surface area (Å²) in [4.78, 5) is 25.3. The van der Waals surface area contributed by atoms with Crippen LogP contribution in [0.4, 0.5) is 13.2 Å². The minimum Gasteiger partial charge on any atom is -0.478 e. The number of alkyl halides is 3. The predicted octanol–water partition coefficient (Wildman–Crippen LogP) is 1.61. The van der Waals surface area contributed by atoms with Crippen molar-refractivity contribution in [1.29, 1.82) is 0 Å². The van der Waals surface area contributed by atoms with Crippen LogP contribution in [0.3, 0.4) is 0 Å². The van der Waals surface area contributed by atoms with E-state index in [1.807, 2.05) is 0 Å². The molecule has 1 aromatic carbocycles. The number of halogens is 3. The Morgan fingerprint density at radius 2 is 2.10 bits per heavy atom. The highest BCUT2D eigenvalue weighted by Gasteiger charge is 2.27. The molecule has 0 saturated carbocycles. The number of fused-ring (bicyclic) bond motifs is 1. The zero-order chi connectivity index (χ0) is 15.6. The minimum atomic E-state index is -4.45. The van der Waals surface area contributed by atoms with Crippen LogP contribution in [0.2, 0.25) is 0 Å². The highest BCUT2D eigenvalue weighted by molar-refractivity contribution is 6.01. The van der Waals surface area contributed by atoms with Gasteiger partial charge in [0.05, 0.1) is 29.7 Å². The molecule has 1 aromatic heterocycles. The molecule has 0 bridgehead atoms. The molecule has 114 valence electrons. The molecular weight excluding hydrogens is 293 g/mol. The molecule has 0 fully saturated rings. The topological polar surface area (TPSA) is 84.3 Å². The SMILES string of the molecule is O=C(O)c1cccc2[nH]c(=O)n(CCOCC(F)(F)F)c12. The van der Waals surface area contributed by atoms with Gasteiger partial charge in [0, 0.05) is 0 Å². The average molecular weight is 304 g/mol. The Balaban J connectivity index is 2.25. The lowest BCUT2D eigenvalue weighted by Gasteiger charge is -2.08. The summed E-state index contributed by atoms with van der Waals surface area (Å²) in [6, 6.07) is 4.29. The van der Waals surface area contributed by atoms with E-state index in [2.05, 4.69) is 9.72 Å². The summed E-state index contributed by atoms with van der Waals surface area (Å²) in [7, 11) is 0. The lowest BCUT2D eigenvalue weighted by Crippen LogP contribution is -2.23. The van der Waals surface area contributed by atoms with Crippen LogP contribution in [-0.2, 0) is 11.3 Å². The Morgan fingerprint density at radius 1 is 1.38 bits per heavy atom. The first-order valence-corrected chi connectivity index (χ1v) is 5.89. The summed E-state index contributed by atoms with van der Waals surface area (Å²) in [5, 5.41) is 9.09. The highest BCUT2D eigenvalue weighted by atomic mass is 19.4. The number of rotatable bonds is 5. The first-order valence-electron chi connectivity index (χ1n) is 5.89.